The van der Waals surface area contributed by atoms with E-state index in [1.54, 1.807) is 7.11 Å². The van der Waals surface area contributed by atoms with Crippen LogP contribution in [0.2, 0.25) is 0 Å². The largest absolute Gasteiger partial charge is 0.493 e. The van der Waals surface area contributed by atoms with Crippen molar-refractivity contribution in [2.45, 2.75) is 33.7 Å². The average molecular weight is 519 g/mol. The third-order valence-electron chi connectivity index (χ3n) is 4.65. The molecule has 1 aliphatic heterocycles. The minimum absolute atomic E-state index is 0. The lowest BCUT2D eigenvalue weighted by Gasteiger charge is -2.22. The molecule has 1 unspecified atom stereocenters. The summed E-state index contributed by atoms with van der Waals surface area (Å²) in [7, 11) is 1.70. The SMILES string of the molecule is CCNC(=NCc1ccccc1OCC(C)C)N1CCC(COCCOC)C1.I. The van der Waals surface area contributed by atoms with Crippen molar-refractivity contribution >= 4 is 29.9 Å². The molecular weight excluding hydrogens is 481 g/mol. The molecule has 7 heteroatoms. The maximum Gasteiger partial charge on any atom is 0.194 e. The molecule has 1 aromatic rings. The van der Waals surface area contributed by atoms with Crippen molar-refractivity contribution in [3.8, 4) is 5.75 Å². The lowest BCUT2D eigenvalue weighted by molar-refractivity contribution is 0.0536. The molecular formula is C22H38IN3O3. The first kappa shape index (κ1) is 26.0. The third-order valence-corrected chi connectivity index (χ3v) is 4.65. The molecule has 1 N–H and O–H groups in total. The average Bonchev–Trinajstić information content (AvgIpc) is 3.16. The summed E-state index contributed by atoms with van der Waals surface area (Å²) in [6, 6.07) is 8.19. The minimum atomic E-state index is 0. The Labute approximate surface area is 193 Å². The summed E-state index contributed by atoms with van der Waals surface area (Å²) in [5.74, 6) is 2.95. The summed E-state index contributed by atoms with van der Waals surface area (Å²) < 4.78 is 16.7. The Morgan fingerprint density at radius 2 is 2.07 bits per heavy atom. The van der Waals surface area contributed by atoms with E-state index in [1.807, 2.05) is 18.2 Å². The summed E-state index contributed by atoms with van der Waals surface area (Å²) in [4.78, 5) is 7.23. The number of benzene rings is 1. The summed E-state index contributed by atoms with van der Waals surface area (Å²) in [5.41, 5.74) is 1.12. The van der Waals surface area contributed by atoms with Crippen LogP contribution in [0.1, 0.15) is 32.8 Å². The van der Waals surface area contributed by atoms with Gasteiger partial charge in [-0.05, 0) is 25.3 Å². The highest BCUT2D eigenvalue weighted by atomic mass is 127. The van der Waals surface area contributed by atoms with Crippen LogP contribution in [0.3, 0.4) is 0 Å². The Hall–Kier alpha value is -1.06. The maximum atomic E-state index is 5.97. The zero-order valence-corrected chi connectivity index (χ0v) is 20.7. The molecule has 0 amide bonds. The van der Waals surface area contributed by atoms with E-state index in [0.29, 0.717) is 31.6 Å². The first-order chi connectivity index (χ1) is 13.6. The molecule has 0 radical (unpaired) electrons. The van der Waals surface area contributed by atoms with E-state index < -0.39 is 0 Å². The van der Waals surface area contributed by atoms with Crippen LogP contribution < -0.4 is 10.1 Å². The number of likely N-dealkylation sites (tertiary alicyclic amines) is 1. The molecule has 1 heterocycles. The first-order valence-electron chi connectivity index (χ1n) is 10.4. The fraction of sp³-hybridized carbons (Fsp3) is 0.682. The predicted molar refractivity (Wildman–Crippen MR) is 129 cm³/mol. The topological polar surface area (TPSA) is 55.3 Å². The highest BCUT2D eigenvalue weighted by Gasteiger charge is 2.25. The Morgan fingerprint density at radius 3 is 2.79 bits per heavy atom. The first-order valence-corrected chi connectivity index (χ1v) is 10.4. The monoisotopic (exact) mass is 519 g/mol. The van der Waals surface area contributed by atoms with Gasteiger partial charge in [-0.1, -0.05) is 32.0 Å². The van der Waals surface area contributed by atoms with Crippen molar-refractivity contribution in [2.75, 3.05) is 53.2 Å². The fourth-order valence-corrected chi connectivity index (χ4v) is 3.17. The molecule has 0 aliphatic carbocycles. The van der Waals surface area contributed by atoms with Gasteiger partial charge in [0.05, 0.1) is 33.0 Å². The zero-order chi connectivity index (χ0) is 20.2. The Kier molecular flexibility index (Phi) is 13.3. The third kappa shape index (κ3) is 9.53. The quantitative estimate of drug-likeness (QED) is 0.209. The summed E-state index contributed by atoms with van der Waals surface area (Å²) in [5, 5.41) is 3.44. The highest BCUT2D eigenvalue weighted by molar-refractivity contribution is 14.0. The molecule has 1 atom stereocenters. The van der Waals surface area contributed by atoms with E-state index in [9.17, 15) is 0 Å². The van der Waals surface area contributed by atoms with Gasteiger partial charge in [0.15, 0.2) is 5.96 Å². The number of methoxy groups -OCH3 is 1. The van der Waals surface area contributed by atoms with E-state index in [-0.39, 0.29) is 24.0 Å². The highest BCUT2D eigenvalue weighted by Crippen LogP contribution is 2.21. The number of aliphatic imine (C=N–C) groups is 1. The Balaban J connectivity index is 0.00000420. The molecule has 2 rings (SSSR count). The van der Waals surface area contributed by atoms with Gasteiger partial charge in [-0.3, -0.25) is 0 Å². The molecule has 1 aliphatic rings. The standard InChI is InChI=1S/C22H37N3O3.HI/c1-5-23-22(25-11-10-19(15-25)17-27-13-12-26-4)24-14-20-8-6-7-9-21(20)28-16-18(2)3;/h6-9,18-19H,5,10-17H2,1-4H3,(H,23,24);1H. The smallest absolute Gasteiger partial charge is 0.194 e. The van der Waals surface area contributed by atoms with Gasteiger partial charge in [0.25, 0.3) is 0 Å². The Bertz CT molecular complexity index is 598. The van der Waals surface area contributed by atoms with Crippen molar-refractivity contribution in [3.63, 3.8) is 0 Å². The van der Waals surface area contributed by atoms with Crippen LogP contribution >= 0.6 is 24.0 Å². The fourth-order valence-electron chi connectivity index (χ4n) is 3.17. The van der Waals surface area contributed by atoms with Crippen molar-refractivity contribution < 1.29 is 14.2 Å². The maximum absolute atomic E-state index is 5.97. The zero-order valence-electron chi connectivity index (χ0n) is 18.4. The van der Waals surface area contributed by atoms with E-state index in [1.165, 1.54) is 0 Å². The van der Waals surface area contributed by atoms with Gasteiger partial charge >= 0.3 is 0 Å². The molecule has 0 aromatic heterocycles. The van der Waals surface area contributed by atoms with Crippen LogP contribution in [-0.2, 0) is 16.0 Å². The van der Waals surface area contributed by atoms with Crippen molar-refractivity contribution in [3.05, 3.63) is 29.8 Å². The second-order valence-electron chi connectivity index (χ2n) is 7.65. The van der Waals surface area contributed by atoms with Gasteiger partial charge in [-0.2, -0.15) is 0 Å². The molecule has 0 saturated carbocycles. The second kappa shape index (κ2) is 14.8. The van der Waals surface area contributed by atoms with Crippen molar-refractivity contribution in [1.82, 2.24) is 10.2 Å². The summed E-state index contributed by atoms with van der Waals surface area (Å²) in [6.45, 7) is 12.7. The van der Waals surface area contributed by atoms with Gasteiger partial charge in [0, 0.05) is 38.2 Å². The van der Waals surface area contributed by atoms with Gasteiger partial charge in [0.1, 0.15) is 5.75 Å². The number of nitrogens with one attached hydrogen (secondary N) is 1. The number of guanidine groups is 1. The molecule has 1 aromatic carbocycles. The minimum Gasteiger partial charge on any atom is -0.493 e. The second-order valence-corrected chi connectivity index (χ2v) is 7.65. The van der Waals surface area contributed by atoms with Crippen LogP contribution in [0.4, 0.5) is 0 Å². The number of rotatable bonds is 11. The van der Waals surface area contributed by atoms with E-state index in [0.717, 1.165) is 56.5 Å². The van der Waals surface area contributed by atoms with Crippen LogP contribution in [0.15, 0.2) is 29.3 Å². The van der Waals surface area contributed by atoms with Crippen LogP contribution in [0, 0.1) is 11.8 Å². The van der Waals surface area contributed by atoms with Crippen molar-refractivity contribution in [1.29, 1.82) is 0 Å². The van der Waals surface area contributed by atoms with Crippen molar-refractivity contribution in [2.24, 2.45) is 16.8 Å². The summed E-state index contributed by atoms with van der Waals surface area (Å²) >= 11 is 0. The number of ether oxygens (including phenoxy) is 3. The molecule has 1 saturated heterocycles. The molecule has 1 fully saturated rings. The van der Waals surface area contributed by atoms with Gasteiger partial charge in [0.2, 0.25) is 0 Å². The number of hydrogen-bond acceptors (Lipinski definition) is 4. The number of halogens is 1. The molecule has 0 bridgehead atoms. The lowest BCUT2D eigenvalue weighted by Crippen LogP contribution is -2.40. The van der Waals surface area contributed by atoms with Gasteiger partial charge in [-0.25, -0.2) is 4.99 Å². The van der Waals surface area contributed by atoms with Crippen LogP contribution in [0.5, 0.6) is 5.75 Å². The summed E-state index contributed by atoms with van der Waals surface area (Å²) in [6.07, 6.45) is 1.13. The Morgan fingerprint density at radius 1 is 1.28 bits per heavy atom. The predicted octanol–water partition coefficient (Wildman–Crippen LogP) is 3.79. The molecule has 166 valence electrons. The molecule has 29 heavy (non-hydrogen) atoms. The van der Waals surface area contributed by atoms with E-state index >= 15 is 0 Å². The number of nitrogens with zero attached hydrogens (tertiary/aromatic N) is 2. The van der Waals surface area contributed by atoms with Gasteiger partial charge < -0.3 is 24.4 Å². The lowest BCUT2D eigenvalue weighted by atomic mass is 10.1. The van der Waals surface area contributed by atoms with Crippen LogP contribution in [0.25, 0.3) is 0 Å². The number of para-hydroxylation sites is 1. The molecule has 0 spiro atoms. The number of hydrogen-bond donors (Lipinski definition) is 1. The van der Waals surface area contributed by atoms with E-state index in [2.05, 4.69) is 37.1 Å². The van der Waals surface area contributed by atoms with Crippen LogP contribution in [-0.4, -0.2) is 64.0 Å². The molecule has 6 nitrogen and oxygen atoms in total. The van der Waals surface area contributed by atoms with Gasteiger partial charge in [-0.15, -0.1) is 24.0 Å². The van der Waals surface area contributed by atoms with E-state index in [4.69, 9.17) is 19.2 Å². The normalized spacial score (nSPS) is 16.8.